The van der Waals surface area contributed by atoms with E-state index < -0.39 is 5.56 Å². The van der Waals surface area contributed by atoms with E-state index in [0.29, 0.717) is 22.8 Å². The lowest BCUT2D eigenvalue weighted by Crippen LogP contribution is -2.32. The summed E-state index contributed by atoms with van der Waals surface area (Å²) in [6, 6.07) is 5.65. The Bertz CT molecular complexity index is 995. The van der Waals surface area contributed by atoms with Crippen LogP contribution in [-0.4, -0.2) is 31.6 Å². The molecule has 1 aromatic carbocycles. The zero-order valence-corrected chi connectivity index (χ0v) is 15.0. The fourth-order valence-corrected chi connectivity index (χ4v) is 3.23. The number of hydrogen-bond acceptors (Lipinski definition) is 5. The van der Waals surface area contributed by atoms with Crippen LogP contribution in [0.5, 0.6) is 0 Å². The van der Waals surface area contributed by atoms with E-state index in [9.17, 15) is 9.59 Å². The number of carbonyl (C=O) groups is 1. The average Bonchev–Trinajstić information content (AvgIpc) is 3.00. The summed E-state index contributed by atoms with van der Waals surface area (Å²) < 4.78 is 8.35. The van der Waals surface area contributed by atoms with Gasteiger partial charge in [0.1, 0.15) is 16.6 Å². The topological polar surface area (TPSA) is 79.0 Å². The number of rotatable bonds is 3. The summed E-state index contributed by atoms with van der Waals surface area (Å²) in [5.74, 6) is -0.368. The lowest BCUT2D eigenvalue weighted by molar-refractivity contribution is 0.0782. The number of aromatic amines is 1. The van der Waals surface area contributed by atoms with Crippen LogP contribution in [0.4, 0.5) is 0 Å². The van der Waals surface area contributed by atoms with Crippen LogP contribution in [0.15, 0.2) is 23.0 Å². The number of carbonyl (C=O) groups excluding carboxylic acids is 1. The summed E-state index contributed by atoms with van der Waals surface area (Å²) in [7, 11) is 1.65. The fraction of sp³-hybridized carbons (Fsp3) is 0.250. The Morgan fingerprint density at radius 3 is 2.75 bits per heavy atom. The molecule has 2 aromatic heterocycles. The molecule has 8 heteroatoms. The molecule has 6 nitrogen and oxygen atoms in total. The number of aromatic nitrogens is 3. The van der Waals surface area contributed by atoms with Gasteiger partial charge in [0.05, 0.1) is 16.8 Å². The minimum Gasteiger partial charge on any atom is -0.337 e. The van der Waals surface area contributed by atoms with E-state index in [4.69, 9.17) is 11.6 Å². The smallest absolute Gasteiger partial charge is 0.261 e. The van der Waals surface area contributed by atoms with Crippen molar-refractivity contribution in [2.24, 2.45) is 0 Å². The molecule has 0 saturated heterocycles. The second-order valence-electron chi connectivity index (χ2n) is 5.64. The van der Waals surface area contributed by atoms with Gasteiger partial charge in [-0.05, 0) is 37.1 Å². The zero-order valence-electron chi connectivity index (χ0n) is 13.4. The van der Waals surface area contributed by atoms with Crippen LogP contribution in [0, 0.1) is 13.8 Å². The predicted octanol–water partition coefficient (Wildman–Crippen LogP) is 2.92. The molecule has 0 bridgehead atoms. The third kappa shape index (κ3) is 2.92. The van der Waals surface area contributed by atoms with E-state index in [2.05, 4.69) is 13.7 Å². The number of benzene rings is 1. The molecular formula is C16H15ClN4O2S. The maximum atomic E-state index is 12.7. The van der Waals surface area contributed by atoms with Crippen LogP contribution in [0.2, 0.25) is 5.02 Å². The Morgan fingerprint density at radius 2 is 2.00 bits per heavy atom. The molecular weight excluding hydrogens is 348 g/mol. The number of fused-ring (bicyclic) bond motifs is 1. The normalized spacial score (nSPS) is 11.0. The van der Waals surface area contributed by atoms with Crippen LogP contribution in [0.3, 0.4) is 0 Å². The van der Waals surface area contributed by atoms with E-state index in [1.807, 2.05) is 18.2 Å². The van der Waals surface area contributed by atoms with Crippen LogP contribution in [-0.2, 0) is 6.54 Å². The third-order valence-corrected chi connectivity index (χ3v) is 4.98. The largest absolute Gasteiger partial charge is 0.337 e. The van der Waals surface area contributed by atoms with Gasteiger partial charge in [-0.3, -0.25) is 9.59 Å². The average molecular weight is 363 g/mol. The van der Waals surface area contributed by atoms with Gasteiger partial charge in [-0.1, -0.05) is 17.7 Å². The molecule has 0 aliphatic rings. The molecule has 0 fully saturated rings. The summed E-state index contributed by atoms with van der Waals surface area (Å²) in [4.78, 5) is 29.0. The fourth-order valence-electron chi connectivity index (χ4n) is 2.57. The molecule has 0 aliphatic heterocycles. The number of nitrogens with zero attached hydrogens (tertiary/aromatic N) is 3. The van der Waals surface area contributed by atoms with Gasteiger partial charge >= 0.3 is 0 Å². The molecule has 0 saturated carbocycles. The van der Waals surface area contributed by atoms with Crippen molar-refractivity contribution >= 4 is 40.3 Å². The number of pyridine rings is 1. The summed E-state index contributed by atoms with van der Waals surface area (Å²) in [6.07, 6.45) is 0. The predicted molar refractivity (Wildman–Crippen MR) is 94.8 cm³/mol. The first-order valence-corrected chi connectivity index (χ1v) is 8.35. The quantitative estimate of drug-likeness (QED) is 0.777. The van der Waals surface area contributed by atoms with Crippen molar-refractivity contribution in [1.82, 2.24) is 18.6 Å². The van der Waals surface area contributed by atoms with Crippen molar-refractivity contribution in [2.75, 3.05) is 7.05 Å². The molecule has 1 N–H and O–H groups in total. The van der Waals surface area contributed by atoms with Gasteiger partial charge in [0.2, 0.25) is 0 Å². The number of amides is 1. The van der Waals surface area contributed by atoms with Crippen LogP contribution in [0.1, 0.15) is 27.2 Å². The highest BCUT2D eigenvalue weighted by atomic mass is 35.5. The maximum absolute atomic E-state index is 12.7. The van der Waals surface area contributed by atoms with E-state index in [1.54, 1.807) is 20.9 Å². The summed E-state index contributed by atoms with van der Waals surface area (Å²) in [6.45, 7) is 3.74. The highest BCUT2D eigenvalue weighted by Gasteiger charge is 2.21. The SMILES string of the molecule is Cc1[nH]c(=O)c(C(=O)N(C)Cc2ccc3nsnc3c2)c(C)c1Cl. The number of hydrogen-bond donors (Lipinski definition) is 1. The monoisotopic (exact) mass is 362 g/mol. The van der Waals surface area contributed by atoms with Crippen molar-refractivity contribution < 1.29 is 4.79 Å². The van der Waals surface area contributed by atoms with Gasteiger partial charge in [-0.25, -0.2) is 0 Å². The van der Waals surface area contributed by atoms with Gasteiger partial charge in [0.25, 0.3) is 11.5 Å². The molecule has 1 amide bonds. The Labute approximate surface area is 147 Å². The Morgan fingerprint density at radius 1 is 1.29 bits per heavy atom. The lowest BCUT2D eigenvalue weighted by atomic mass is 10.1. The van der Waals surface area contributed by atoms with Gasteiger partial charge in [0, 0.05) is 19.3 Å². The van der Waals surface area contributed by atoms with E-state index in [0.717, 1.165) is 28.3 Å². The first-order valence-electron chi connectivity index (χ1n) is 7.24. The van der Waals surface area contributed by atoms with Crippen molar-refractivity contribution in [1.29, 1.82) is 0 Å². The molecule has 2 heterocycles. The lowest BCUT2D eigenvalue weighted by Gasteiger charge is -2.18. The third-order valence-electron chi connectivity index (χ3n) is 3.86. The molecule has 24 heavy (non-hydrogen) atoms. The molecule has 124 valence electrons. The summed E-state index contributed by atoms with van der Waals surface area (Å²) in [5.41, 5.74) is 3.24. The highest BCUT2D eigenvalue weighted by Crippen LogP contribution is 2.21. The van der Waals surface area contributed by atoms with Crippen molar-refractivity contribution in [2.45, 2.75) is 20.4 Å². The standard InChI is InChI=1S/C16H15ClN4O2S/c1-8-13(15(22)18-9(2)14(8)17)16(23)21(3)7-10-4-5-11-12(6-10)20-24-19-11/h4-6H,7H2,1-3H3,(H,18,22). The molecule has 0 aliphatic carbocycles. The molecule has 3 rings (SSSR count). The Hall–Kier alpha value is -2.25. The Kier molecular flexibility index (Phi) is 4.38. The Balaban J connectivity index is 1.90. The van der Waals surface area contributed by atoms with Crippen LogP contribution < -0.4 is 5.56 Å². The van der Waals surface area contributed by atoms with Gasteiger partial charge in [-0.15, -0.1) is 0 Å². The van der Waals surface area contributed by atoms with E-state index in [1.165, 1.54) is 4.90 Å². The van der Waals surface area contributed by atoms with E-state index in [-0.39, 0.29) is 11.5 Å². The highest BCUT2D eigenvalue weighted by molar-refractivity contribution is 7.00. The number of nitrogens with one attached hydrogen (secondary N) is 1. The van der Waals surface area contributed by atoms with Crippen molar-refractivity contribution in [3.8, 4) is 0 Å². The minimum atomic E-state index is -0.426. The first kappa shape index (κ1) is 16.6. The first-order chi connectivity index (χ1) is 11.4. The molecule has 3 aromatic rings. The second-order valence-corrected chi connectivity index (χ2v) is 6.55. The molecule has 0 atom stereocenters. The molecule has 0 radical (unpaired) electrons. The second kappa shape index (κ2) is 6.33. The minimum absolute atomic E-state index is 0.0736. The van der Waals surface area contributed by atoms with Gasteiger partial charge in [0.15, 0.2) is 0 Å². The summed E-state index contributed by atoms with van der Waals surface area (Å²) in [5, 5.41) is 0.404. The van der Waals surface area contributed by atoms with Crippen LogP contribution >= 0.6 is 23.3 Å². The number of aryl methyl sites for hydroxylation is 1. The van der Waals surface area contributed by atoms with Crippen LogP contribution in [0.25, 0.3) is 11.0 Å². The van der Waals surface area contributed by atoms with E-state index >= 15 is 0 Å². The number of H-pyrrole nitrogens is 1. The zero-order chi connectivity index (χ0) is 17.4. The molecule has 0 unspecified atom stereocenters. The maximum Gasteiger partial charge on any atom is 0.261 e. The van der Waals surface area contributed by atoms with Crippen molar-refractivity contribution in [3.63, 3.8) is 0 Å². The number of halogens is 1. The molecule has 0 spiro atoms. The van der Waals surface area contributed by atoms with Crippen molar-refractivity contribution in [3.05, 3.63) is 56.0 Å². The van der Waals surface area contributed by atoms with Gasteiger partial charge < -0.3 is 9.88 Å². The van der Waals surface area contributed by atoms with Gasteiger partial charge in [-0.2, -0.15) is 8.75 Å². The summed E-state index contributed by atoms with van der Waals surface area (Å²) >= 11 is 7.31.